The van der Waals surface area contributed by atoms with Gasteiger partial charge in [0.15, 0.2) is 0 Å². The fraction of sp³-hybridized carbons (Fsp3) is 0.562. The zero-order valence-corrected chi connectivity index (χ0v) is 14.2. The van der Waals surface area contributed by atoms with Gasteiger partial charge in [-0.05, 0) is 26.7 Å². The molecule has 120 valence electrons. The second-order valence-corrected chi connectivity index (χ2v) is 6.70. The molecule has 23 heavy (non-hydrogen) atoms. The molecule has 1 amide bonds. The van der Waals surface area contributed by atoms with Crippen molar-refractivity contribution in [3.63, 3.8) is 0 Å². The molecule has 1 saturated carbocycles. The van der Waals surface area contributed by atoms with Crippen LogP contribution < -0.4 is 5.32 Å². The van der Waals surface area contributed by atoms with Crippen LogP contribution in [0.15, 0.2) is 5.03 Å². The molecule has 1 aliphatic rings. The summed E-state index contributed by atoms with van der Waals surface area (Å²) < 4.78 is 0. The van der Waals surface area contributed by atoms with Crippen LogP contribution in [0.25, 0.3) is 0 Å². The van der Waals surface area contributed by atoms with Crippen molar-refractivity contribution < 1.29 is 4.79 Å². The molecule has 0 bridgehead atoms. The van der Waals surface area contributed by atoms with E-state index in [2.05, 4.69) is 27.4 Å². The highest BCUT2D eigenvalue weighted by Crippen LogP contribution is 2.28. The maximum Gasteiger partial charge on any atom is 0.231 e. The van der Waals surface area contributed by atoms with Crippen LogP contribution in [0.2, 0.25) is 0 Å². The third-order valence-electron chi connectivity index (χ3n) is 3.92. The lowest BCUT2D eigenvalue weighted by Crippen LogP contribution is -2.49. The zero-order valence-electron chi connectivity index (χ0n) is 13.3. The van der Waals surface area contributed by atoms with E-state index in [-0.39, 0.29) is 11.7 Å². The molecule has 1 N–H and O–H groups in total. The van der Waals surface area contributed by atoms with E-state index in [9.17, 15) is 15.3 Å². The van der Waals surface area contributed by atoms with Gasteiger partial charge in [-0.2, -0.15) is 10.5 Å². The standard InChI is InChI=1S/C16H19N5OS/c1-11-13(8-17)15(20-12(2)19-11)23-9-14(22)21-16(10-18)6-4-3-5-7-16/h3-7,9H2,1-2H3,(H,21,22). The molecule has 6 nitrogen and oxygen atoms in total. The highest BCUT2D eigenvalue weighted by molar-refractivity contribution is 8.00. The van der Waals surface area contributed by atoms with E-state index in [1.165, 1.54) is 11.8 Å². The van der Waals surface area contributed by atoms with Gasteiger partial charge in [-0.1, -0.05) is 31.0 Å². The summed E-state index contributed by atoms with van der Waals surface area (Å²) in [4.78, 5) is 20.6. The van der Waals surface area contributed by atoms with E-state index in [4.69, 9.17) is 0 Å². The van der Waals surface area contributed by atoms with Crippen molar-refractivity contribution in [2.75, 3.05) is 5.75 Å². The second kappa shape index (κ2) is 7.43. The summed E-state index contributed by atoms with van der Waals surface area (Å²) in [6.45, 7) is 3.51. The topological polar surface area (TPSA) is 102 Å². The van der Waals surface area contributed by atoms with Crippen molar-refractivity contribution in [1.29, 1.82) is 10.5 Å². The first-order valence-corrected chi connectivity index (χ1v) is 8.58. The van der Waals surface area contributed by atoms with Crippen LogP contribution in [-0.2, 0) is 4.79 Å². The van der Waals surface area contributed by atoms with Crippen molar-refractivity contribution in [3.05, 3.63) is 17.1 Å². The van der Waals surface area contributed by atoms with Gasteiger partial charge in [-0.3, -0.25) is 4.79 Å². The van der Waals surface area contributed by atoms with Crippen LogP contribution in [-0.4, -0.2) is 27.2 Å². The fourth-order valence-electron chi connectivity index (χ4n) is 2.77. The Morgan fingerprint density at radius 1 is 1.26 bits per heavy atom. The molecule has 1 heterocycles. The van der Waals surface area contributed by atoms with Gasteiger partial charge in [0.2, 0.25) is 5.91 Å². The first kappa shape index (κ1) is 17.2. The number of aromatic nitrogens is 2. The smallest absolute Gasteiger partial charge is 0.231 e. The Hall–Kier alpha value is -2.12. The lowest BCUT2D eigenvalue weighted by molar-refractivity contribution is -0.120. The number of carbonyl (C=O) groups is 1. The molecule has 0 aliphatic heterocycles. The first-order valence-electron chi connectivity index (χ1n) is 7.60. The molecule has 1 fully saturated rings. The number of carbonyl (C=O) groups excluding carboxylic acids is 1. The number of thioether (sulfide) groups is 1. The summed E-state index contributed by atoms with van der Waals surface area (Å²) >= 11 is 1.21. The van der Waals surface area contributed by atoms with Crippen LogP contribution in [0.1, 0.15) is 49.2 Å². The van der Waals surface area contributed by atoms with Crippen LogP contribution in [0.3, 0.4) is 0 Å². The van der Waals surface area contributed by atoms with E-state index in [0.29, 0.717) is 34.9 Å². The van der Waals surface area contributed by atoms with Gasteiger partial charge in [0, 0.05) is 0 Å². The third kappa shape index (κ3) is 4.20. The Kier molecular flexibility index (Phi) is 5.57. The van der Waals surface area contributed by atoms with E-state index in [1.807, 2.05) is 0 Å². The number of hydrogen-bond donors (Lipinski definition) is 1. The van der Waals surface area contributed by atoms with E-state index in [0.717, 1.165) is 19.3 Å². The number of nitrogens with zero attached hydrogens (tertiary/aromatic N) is 4. The predicted molar refractivity (Wildman–Crippen MR) is 86.5 cm³/mol. The van der Waals surface area contributed by atoms with Gasteiger partial charge >= 0.3 is 0 Å². The van der Waals surface area contributed by atoms with Crippen molar-refractivity contribution in [2.45, 2.75) is 56.5 Å². The van der Waals surface area contributed by atoms with E-state index >= 15 is 0 Å². The molecule has 0 aromatic carbocycles. The highest BCUT2D eigenvalue weighted by atomic mass is 32.2. The average molecular weight is 329 g/mol. The molecule has 1 aromatic heterocycles. The maximum absolute atomic E-state index is 12.2. The molecular weight excluding hydrogens is 310 g/mol. The largest absolute Gasteiger partial charge is 0.337 e. The van der Waals surface area contributed by atoms with Gasteiger partial charge in [-0.25, -0.2) is 9.97 Å². The van der Waals surface area contributed by atoms with Crippen molar-refractivity contribution >= 4 is 17.7 Å². The number of aryl methyl sites for hydroxylation is 2. The number of nitriles is 2. The summed E-state index contributed by atoms with van der Waals surface area (Å²) in [5, 5.41) is 22.0. The van der Waals surface area contributed by atoms with E-state index < -0.39 is 5.54 Å². The number of amides is 1. The molecule has 0 atom stereocenters. The van der Waals surface area contributed by atoms with E-state index in [1.54, 1.807) is 13.8 Å². The van der Waals surface area contributed by atoms with Gasteiger partial charge in [0.25, 0.3) is 0 Å². The summed E-state index contributed by atoms with van der Waals surface area (Å²) in [6.07, 6.45) is 4.44. The first-order chi connectivity index (χ1) is 11.0. The maximum atomic E-state index is 12.2. The molecule has 0 spiro atoms. The molecule has 0 saturated heterocycles. The lowest BCUT2D eigenvalue weighted by Gasteiger charge is -2.31. The Morgan fingerprint density at radius 3 is 2.57 bits per heavy atom. The Morgan fingerprint density at radius 2 is 1.96 bits per heavy atom. The molecule has 2 rings (SSSR count). The van der Waals surface area contributed by atoms with Gasteiger partial charge in [0.05, 0.1) is 17.5 Å². The molecule has 0 radical (unpaired) electrons. The molecular formula is C16H19N5OS. The van der Waals surface area contributed by atoms with Gasteiger partial charge in [-0.15, -0.1) is 0 Å². The van der Waals surface area contributed by atoms with Crippen LogP contribution in [0, 0.1) is 36.5 Å². The normalized spacial score (nSPS) is 16.2. The third-order valence-corrected chi connectivity index (χ3v) is 4.90. The Bertz CT molecular complexity index is 683. The van der Waals surface area contributed by atoms with Gasteiger partial charge < -0.3 is 5.32 Å². The Labute approximate surface area is 140 Å². The number of nitrogens with one attached hydrogen (secondary N) is 1. The molecule has 1 aromatic rings. The average Bonchev–Trinajstić information content (AvgIpc) is 2.53. The van der Waals surface area contributed by atoms with Crippen molar-refractivity contribution in [3.8, 4) is 12.1 Å². The molecule has 7 heteroatoms. The summed E-state index contributed by atoms with van der Waals surface area (Å²) in [7, 11) is 0. The SMILES string of the molecule is Cc1nc(C)c(C#N)c(SCC(=O)NC2(C#N)CCCCC2)n1. The second-order valence-electron chi connectivity index (χ2n) is 5.74. The summed E-state index contributed by atoms with van der Waals surface area (Å²) in [5.41, 5.74) is 0.288. The van der Waals surface area contributed by atoms with Crippen molar-refractivity contribution in [1.82, 2.24) is 15.3 Å². The van der Waals surface area contributed by atoms with Crippen LogP contribution in [0.4, 0.5) is 0 Å². The minimum atomic E-state index is -0.731. The highest BCUT2D eigenvalue weighted by Gasteiger charge is 2.33. The van der Waals surface area contributed by atoms with Crippen LogP contribution in [0.5, 0.6) is 0 Å². The zero-order chi connectivity index (χ0) is 16.9. The number of rotatable bonds is 4. The van der Waals surface area contributed by atoms with Gasteiger partial charge in [0.1, 0.15) is 28.0 Å². The molecule has 1 aliphatic carbocycles. The predicted octanol–water partition coefficient (Wildman–Crippen LogP) is 2.40. The quantitative estimate of drug-likeness (QED) is 0.672. The fourth-order valence-corrected chi connectivity index (χ4v) is 3.65. The minimum absolute atomic E-state index is 0.133. The summed E-state index contributed by atoms with van der Waals surface area (Å²) in [6, 6.07) is 4.35. The summed E-state index contributed by atoms with van der Waals surface area (Å²) in [5.74, 6) is 0.509. The lowest BCUT2D eigenvalue weighted by atomic mass is 9.83. The minimum Gasteiger partial charge on any atom is -0.337 e. The molecule has 0 unspecified atom stereocenters. The van der Waals surface area contributed by atoms with Crippen LogP contribution >= 0.6 is 11.8 Å². The monoisotopic (exact) mass is 329 g/mol. The van der Waals surface area contributed by atoms with Crippen molar-refractivity contribution in [2.24, 2.45) is 0 Å². The Balaban J connectivity index is 2.03. The number of hydrogen-bond acceptors (Lipinski definition) is 6.